The van der Waals surface area contributed by atoms with E-state index in [1.54, 1.807) is 31.2 Å². The van der Waals surface area contributed by atoms with Crippen LogP contribution in [-0.2, 0) is 9.59 Å². The summed E-state index contributed by atoms with van der Waals surface area (Å²) in [6, 6.07) is 11.7. The van der Waals surface area contributed by atoms with Crippen molar-refractivity contribution in [1.29, 1.82) is 0 Å². The van der Waals surface area contributed by atoms with Crippen LogP contribution in [0.4, 0.5) is 17.1 Å². The number of nitro benzene ring substituents is 1. The third-order valence-corrected chi connectivity index (χ3v) is 3.50. The number of carbonyl (C=O) groups excluding carboxylic acids is 3. The van der Waals surface area contributed by atoms with Gasteiger partial charge in [-0.2, -0.15) is 0 Å². The number of non-ortho nitro benzene ring substituents is 1. The van der Waals surface area contributed by atoms with Crippen molar-refractivity contribution in [2.24, 2.45) is 0 Å². The van der Waals surface area contributed by atoms with Crippen LogP contribution in [0.2, 0.25) is 0 Å². The zero-order valence-electron chi connectivity index (χ0n) is 14.5. The largest absolute Gasteiger partial charge is 0.343 e. The van der Waals surface area contributed by atoms with Gasteiger partial charge in [0.15, 0.2) is 0 Å². The molecule has 3 amide bonds. The van der Waals surface area contributed by atoms with Crippen LogP contribution in [0.1, 0.15) is 23.7 Å². The molecule has 0 unspecified atom stereocenters. The number of anilines is 2. The summed E-state index contributed by atoms with van der Waals surface area (Å²) < 4.78 is 0. The average Bonchev–Trinajstić information content (AvgIpc) is 2.67. The summed E-state index contributed by atoms with van der Waals surface area (Å²) in [6.07, 6.45) is 0.364. The van der Waals surface area contributed by atoms with Gasteiger partial charge in [0.25, 0.3) is 11.6 Å². The van der Waals surface area contributed by atoms with E-state index in [0.29, 0.717) is 17.8 Å². The molecule has 9 nitrogen and oxygen atoms in total. The Morgan fingerprint density at radius 3 is 2.11 bits per heavy atom. The van der Waals surface area contributed by atoms with Crippen molar-refractivity contribution in [2.45, 2.75) is 13.3 Å². The van der Waals surface area contributed by atoms with Gasteiger partial charge in [0.05, 0.1) is 11.5 Å². The van der Waals surface area contributed by atoms with Gasteiger partial charge in [0.2, 0.25) is 11.8 Å². The molecule has 0 aliphatic carbocycles. The molecule has 0 aliphatic heterocycles. The van der Waals surface area contributed by atoms with Crippen LogP contribution in [0, 0.1) is 10.1 Å². The van der Waals surface area contributed by atoms with E-state index in [2.05, 4.69) is 16.0 Å². The van der Waals surface area contributed by atoms with Crippen molar-refractivity contribution in [3.8, 4) is 0 Å². The molecule has 2 aromatic rings. The van der Waals surface area contributed by atoms with Gasteiger partial charge in [-0.1, -0.05) is 13.0 Å². The molecule has 2 aromatic carbocycles. The second-order valence-corrected chi connectivity index (χ2v) is 5.52. The molecule has 3 N–H and O–H groups in total. The molecule has 0 fully saturated rings. The van der Waals surface area contributed by atoms with Crippen molar-refractivity contribution >= 4 is 34.8 Å². The minimum absolute atomic E-state index is 0.0908. The molecule has 0 spiro atoms. The van der Waals surface area contributed by atoms with Crippen LogP contribution in [-0.4, -0.2) is 29.2 Å². The van der Waals surface area contributed by atoms with Crippen LogP contribution < -0.4 is 16.0 Å². The number of nitrogens with zero attached hydrogens (tertiary/aromatic N) is 1. The zero-order valence-corrected chi connectivity index (χ0v) is 14.5. The van der Waals surface area contributed by atoms with E-state index >= 15 is 0 Å². The first-order chi connectivity index (χ1) is 12.9. The number of hydrogen-bond donors (Lipinski definition) is 3. The third kappa shape index (κ3) is 5.92. The predicted molar refractivity (Wildman–Crippen MR) is 99.4 cm³/mol. The molecule has 0 saturated carbocycles. The van der Waals surface area contributed by atoms with Gasteiger partial charge < -0.3 is 16.0 Å². The van der Waals surface area contributed by atoms with Crippen LogP contribution in [0.25, 0.3) is 0 Å². The van der Waals surface area contributed by atoms with Crippen LogP contribution in [0.3, 0.4) is 0 Å². The fourth-order valence-corrected chi connectivity index (χ4v) is 2.11. The summed E-state index contributed by atoms with van der Waals surface area (Å²) in [6.45, 7) is 1.45. The van der Waals surface area contributed by atoms with Gasteiger partial charge in [-0.25, -0.2) is 0 Å². The number of carbonyl (C=O) groups is 3. The maximum atomic E-state index is 12.0. The Balaban J connectivity index is 1.87. The normalized spacial score (nSPS) is 9.96. The van der Waals surface area contributed by atoms with Gasteiger partial charge in [0.1, 0.15) is 0 Å². The standard InChI is InChI=1S/C18H18N4O5/c1-2-16(23)20-13-6-8-14(9-7-13)21-17(24)11-19-18(25)12-4-3-5-15(10-12)22(26)27/h3-10H,2,11H2,1H3,(H,19,25)(H,20,23)(H,21,24). The lowest BCUT2D eigenvalue weighted by Crippen LogP contribution is -2.32. The van der Waals surface area contributed by atoms with Gasteiger partial charge in [-0.05, 0) is 30.3 Å². The Morgan fingerprint density at radius 2 is 1.56 bits per heavy atom. The number of benzene rings is 2. The SMILES string of the molecule is CCC(=O)Nc1ccc(NC(=O)CNC(=O)c2cccc([N+](=O)[O-])c2)cc1. The second kappa shape index (κ2) is 9.09. The number of nitrogens with one attached hydrogen (secondary N) is 3. The Bertz CT molecular complexity index is 864. The molecule has 9 heteroatoms. The average molecular weight is 370 g/mol. The summed E-state index contributed by atoms with van der Waals surface area (Å²) in [5, 5.41) is 18.4. The predicted octanol–water partition coefficient (Wildman–Crippen LogP) is 2.31. The van der Waals surface area contributed by atoms with Gasteiger partial charge in [-0.3, -0.25) is 24.5 Å². The van der Waals surface area contributed by atoms with E-state index in [1.807, 2.05) is 0 Å². The smallest absolute Gasteiger partial charge is 0.270 e. The first kappa shape index (κ1) is 19.6. The summed E-state index contributed by atoms with van der Waals surface area (Å²) in [7, 11) is 0. The minimum atomic E-state index is -0.601. The van der Waals surface area contributed by atoms with Crippen LogP contribution in [0.5, 0.6) is 0 Å². The van der Waals surface area contributed by atoms with Crippen molar-refractivity contribution in [3.05, 3.63) is 64.2 Å². The highest BCUT2D eigenvalue weighted by molar-refractivity contribution is 5.99. The molecule has 0 heterocycles. The molecular formula is C18H18N4O5. The number of hydrogen-bond acceptors (Lipinski definition) is 5. The quantitative estimate of drug-likeness (QED) is 0.508. The zero-order chi connectivity index (χ0) is 19.8. The fraction of sp³-hybridized carbons (Fsp3) is 0.167. The Labute approximate surface area is 154 Å². The van der Waals surface area contributed by atoms with Gasteiger partial charge >= 0.3 is 0 Å². The molecule has 2 rings (SSSR count). The summed E-state index contributed by atoms with van der Waals surface area (Å²) in [5.41, 5.74) is 0.994. The molecular weight excluding hydrogens is 352 g/mol. The van der Waals surface area contributed by atoms with Gasteiger partial charge in [-0.15, -0.1) is 0 Å². The van der Waals surface area contributed by atoms with Crippen molar-refractivity contribution in [3.63, 3.8) is 0 Å². The Kier molecular flexibility index (Phi) is 6.59. The first-order valence-corrected chi connectivity index (χ1v) is 8.11. The first-order valence-electron chi connectivity index (χ1n) is 8.11. The fourth-order valence-electron chi connectivity index (χ4n) is 2.11. The van der Waals surface area contributed by atoms with Crippen molar-refractivity contribution < 1.29 is 19.3 Å². The summed E-state index contributed by atoms with van der Waals surface area (Å²) in [5.74, 6) is -1.17. The maximum absolute atomic E-state index is 12.0. The maximum Gasteiger partial charge on any atom is 0.270 e. The molecule has 0 radical (unpaired) electrons. The molecule has 0 saturated heterocycles. The third-order valence-electron chi connectivity index (χ3n) is 3.50. The van der Waals surface area contributed by atoms with E-state index in [0.717, 1.165) is 6.07 Å². The van der Waals surface area contributed by atoms with E-state index in [9.17, 15) is 24.5 Å². The van der Waals surface area contributed by atoms with E-state index in [-0.39, 0.29) is 23.7 Å². The molecule has 0 aliphatic rings. The van der Waals surface area contributed by atoms with E-state index in [1.165, 1.54) is 18.2 Å². The number of rotatable bonds is 7. The van der Waals surface area contributed by atoms with Crippen molar-refractivity contribution in [2.75, 3.05) is 17.2 Å². The van der Waals surface area contributed by atoms with E-state index in [4.69, 9.17) is 0 Å². The Hall–Kier alpha value is -3.75. The molecule has 27 heavy (non-hydrogen) atoms. The lowest BCUT2D eigenvalue weighted by molar-refractivity contribution is -0.384. The van der Waals surface area contributed by atoms with Crippen LogP contribution >= 0.6 is 0 Å². The highest BCUT2D eigenvalue weighted by atomic mass is 16.6. The highest BCUT2D eigenvalue weighted by Gasteiger charge is 2.12. The molecule has 140 valence electrons. The number of amides is 3. The summed E-state index contributed by atoms with van der Waals surface area (Å²) in [4.78, 5) is 45.4. The Morgan fingerprint density at radius 1 is 0.963 bits per heavy atom. The topological polar surface area (TPSA) is 130 Å². The molecule has 0 aromatic heterocycles. The number of nitro groups is 1. The van der Waals surface area contributed by atoms with E-state index < -0.39 is 16.7 Å². The lowest BCUT2D eigenvalue weighted by Gasteiger charge is -2.08. The monoisotopic (exact) mass is 370 g/mol. The van der Waals surface area contributed by atoms with Crippen LogP contribution in [0.15, 0.2) is 48.5 Å². The molecule has 0 bridgehead atoms. The lowest BCUT2D eigenvalue weighted by atomic mass is 10.2. The minimum Gasteiger partial charge on any atom is -0.343 e. The van der Waals surface area contributed by atoms with Gasteiger partial charge in [0, 0.05) is 35.5 Å². The molecule has 0 atom stereocenters. The highest BCUT2D eigenvalue weighted by Crippen LogP contribution is 2.14. The second-order valence-electron chi connectivity index (χ2n) is 5.52. The summed E-state index contributed by atoms with van der Waals surface area (Å²) >= 11 is 0. The van der Waals surface area contributed by atoms with Crippen molar-refractivity contribution in [1.82, 2.24) is 5.32 Å².